The van der Waals surface area contributed by atoms with Crippen molar-refractivity contribution < 1.29 is 14.3 Å². The second-order valence-electron chi connectivity index (χ2n) is 5.55. The Hall–Kier alpha value is -1.51. The minimum Gasteiger partial charge on any atom is -0.493 e. The van der Waals surface area contributed by atoms with E-state index in [0.717, 1.165) is 0 Å². The average Bonchev–Trinajstić information content (AvgIpc) is 2.27. The monoisotopic (exact) mass is 250 g/mol. The van der Waals surface area contributed by atoms with E-state index in [4.69, 9.17) is 9.47 Å². The first kappa shape index (κ1) is 14.6. The maximum Gasteiger partial charge on any atom is 0.162 e. The molecule has 1 aromatic rings. The molecule has 0 aliphatic carbocycles. The third-order valence-electron chi connectivity index (χ3n) is 3.09. The van der Waals surface area contributed by atoms with Crippen LogP contribution in [0.25, 0.3) is 0 Å². The molecule has 0 aromatic heterocycles. The zero-order valence-corrected chi connectivity index (χ0v) is 12.0. The molecule has 1 aromatic carbocycles. The van der Waals surface area contributed by atoms with Gasteiger partial charge in [0.15, 0.2) is 17.3 Å². The Balaban J connectivity index is 3.05. The molecule has 100 valence electrons. The number of ketones is 1. The molecule has 1 unspecified atom stereocenters. The predicted molar refractivity (Wildman–Crippen MR) is 72.5 cm³/mol. The van der Waals surface area contributed by atoms with E-state index in [1.54, 1.807) is 32.2 Å². The minimum absolute atomic E-state index is 0.0194. The summed E-state index contributed by atoms with van der Waals surface area (Å²) in [5.41, 5.74) is 0.656. The number of methoxy groups -OCH3 is 1. The van der Waals surface area contributed by atoms with E-state index in [1.165, 1.54) is 0 Å². The van der Waals surface area contributed by atoms with Gasteiger partial charge in [0.05, 0.1) is 7.11 Å². The number of hydrogen-bond acceptors (Lipinski definition) is 3. The molecule has 1 rings (SSSR count). The fourth-order valence-corrected chi connectivity index (χ4v) is 1.36. The Bertz CT molecular complexity index is 430. The Labute approximate surface area is 109 Å². The molecule has 0 aliphatic rings. The van der Waals surface area contributed by atoms with Gasteiger partial charge in [-0.15, -0.1) is 0 Å². The lowest BCUT2D eigenvalue weighted by molar-refractivity contribution is 0.0981. The van der Waals surface area contributed by atoms with Crippen LogP contribution in [0.5, 0.6) is 11.5 Å². The average molecular weight is 250 g/mol. The number of ether oxygens (including phenoxy) is 2. The van der Waals surface area contributed by atoms with Gasteiger partial charge in [-0.3, -0.25) is 4.79 Å². The van der Waals surface area contributed by atoms with E-state index in [2.05, 4.69) is 20.8 Å². The second kappa shape index (κ2) is 5.42. The van der Waals surface area contributed by atoms with E-state index < -0.39 is 0 Å². The summed E-state index contributed by atoms with van der Waals surface area (Å²) in [7, 11) is 1.59. The van der Waals surface area contributed by atoms with Crippen molar-refractivity contribution in [2.75, 3.05) is 7.11 Å². The van der Waals surface area contributed by atoms with Crippen LogP contribution in [0.4, 0.5) is 0 Å². The van der Waals surface area contributed by atoms with Gasteiger partial charge in [-0.1, -0.05) is 20.8 Å². The number of carbonyl (C=O) groups is 1. The summed E-state index contributed by atoms with van der Waals surface area (Å²) in [6, 6.07) is 5.25. The van der Waals surface area contributed by atoms with Crippen LogP contribution < -0.4 is 9.47 Å². The van der Waals surface area contributed by atoms with Crippen LogP contribution in [0.2, 0.25) is 0 Å². The summed E-state index contributed by atoms with van der Waals surface area (Å²) in [5.74, 6) is 1.29. The highest BCUT2D eigenvalue weighted by Gasteiger charge is 2.23. The number of benzene rings is 1. The number of rotatable bonds is 4. The lowest BCUT2D eigenvalue weighted by Crippen LogP contribution is -2.29. The van der Waals surface area contributed by atoms with Crippen LogP contribution in [0.3, 0.4) is 0 Å². The van der Waals surface area contributed by atoms with Gasteiger partial charge in [0, 0.05) is 5.56 Å². The van der Waals surface area contributed by atoms with Gasteiger partial charge >= 0.3 is 0 Å². The van der Waals surface area contributed by atoms with Gasteiger partial charge in [0.2, 0.25) is 0 Å². The van der Waals surface area contributed by atoms with Gasteiger partial charge in [0.25, 0.3) is 0 Å². The van der Waals surface area contributed by atoms with Crippen LogP contribution in [0, 0.1) is 5.41 Å². The highest BCUT2D eigenvalue weighted by Crippen LogP contribution is 2.32. The molecule has 0 N–H and O–H groups in total. The number of carbonyl (C=O) groups excluding carboxylic acids is 1. The standard InChI is InChI=1S/C15H22O3/c1-10(16)12-7-8-13(17-6)14(9-12)18-11(2)15(3,4)5/h7-9,11H,1-6H3. The number of Topliss-reactive ketones (excluding diaryl/α,β-unsaturated/α-hetero) is 1. The second-order valence-corrected chi connectivity index (χ2v) is 5.55. The Kier molecular flexibility index (Phi) is 4.38. The molecule has 18 heavy (non-hydrogen) atoms. The van der Waals surface area contributed by atoms with Crippen molar-refractivity contribution in [2.45, 2.75) is 40.7 Å². The molecule has 0 aliphatic heterocycles. The maximum atomic E-state index is 11.4. The predicted octanol–water partition coefficient (Wildman–Crippen LogP) is 3.71. The quantitative estimate of drug-likeness (QED) is 0.764. The van der Waals surface area contributed by atoms with Gasteiger partial charge < -0.3 is 9.47 Å². The molecule has 3 heteroatoms. The maximum absolute atomic E-state index is 11.4. The summed E-state index contributed by atoms with van der Waals surface area (Å²) in [5, 5.41) is 0. The van der Waals surface area contributed by atoms with E-state index in [1.807, 2.05) is 6.92 Å². The summed E-state index contributed by atoms with van der Waals surface area (Å²) in [6.45, 7) is 9.88. The minimum atomic E-state index is 0.0194. The fourth-order valence-electron chi connectivity index (χ4n) is 1.36. The van der Waals surface area contributed by atoms with Gasteiger partial charge in [0.1, 0.15) is 6.10 Å². The first-order valence-corrected chi connectivity index (χ1v) is 6.11. The Morgan fingerprint density at radius 1 is 1.22 bits per heavy atom. The molecule has 0 saturated carbocycles. The van der Waals surface area contributed by atoms with Crippen molar-refractivity contribution in [2.24, 2.45) is 5.41 Å². The van der Waals surface area contributed by atoms with Crippen molar-refractivity contribution in [1.29, 1.82) is 0 Å². The van der Waals surface area contributed by atoms with Crippen molar-refractivity contribution >= 4 is 5.78 Å². The molecule has 1 atom stereocenters. The summed E-state index contributed by atoms with van der Waals surface area (Å²) >= 11 is 0. The zero-order chi connectivity index (χ0) is 13.9. The molecule has 0 fully saturated rings. The lowest BCUT2D eigenvalue weighted by atomic mass is 9.90. The van der Waals surface area contributed by atoms with E-state index >= 15 is 0 Å². The topological polar surface area (TPSA) is 35.5 Å². The molecule has 0 radical (unpaired) electrons. The summed E-state index contributed by atoms with van der Waals surface area (Å²) in [6.07, 6.45) is 0.0219. The van der Waals surface area contributed by atoms with Gasteiger partial charge in [-0.05, 0) is 37.5 Å². The number of hydrogen-bond donors (Lipinski definition) is 0. The third kappa shape index (κ3) is 3.49. The Morgan fingerprint density at radius 3 is 2.28 bits per heavy atom. The largest absolute Gasteiger partial charge is 0.493 e. The van der Waals surface area contributed by atoms with Crippen LogP contribution >= 0.6 is 0 Å². The third-order valence-corrected chi connectivity index (χ3v) is 3.09. The molecule has 0 amide bonds. The van der Waals surface area contributed by atoms with Crippen molar-refractivity contribution in [1.82, 2.24) is 0 Å². The molecule has 0 saturated heterocycles. The normalized spacial score (nSPS) is 13.0. The van der Waals surface area contributed by atoms with E-state index in [9.17, 15) is 4.79 Å². The first-order chi connectivity index (χ1) is 8.25. The highest BCUT2D eigenvalue weighted by molar-refractivity contribution is 5.94. The molecular weight excluding hydrogens is 228 g/mol. The molecule has 0 bridgehead atoms. The Morgan fingerprint density at radius 2 is 1.83 bits per heavy atom. The lowest BCUT2D eigenvalue weighted by Gasteiger charge is -2.28. The molecular formula is C15H22O3. The zero-order valence-electron chi connectivity index (χ0n) is 12.0. The van der Waals surface area contributed by atoms with Crippen LogP contribution in [-0.2, 0) is 0 Å². The summed E-state index contributed by atoms with van der Waals surface area (Å²) in [4.78, 5) is 11.4. The highest BCUT2D eigenvalue weighted by atomic mass is 16.5. The van der Waals surface area contributed by atoms with Crippen LogP contribution in [0.1, 0.15) is 45.0 Å². The first-order valence-electron chi connectivity index (χ1n) is 6.11. The molecule has 0 heterocycles. The van der Waals surface area contributed by atoms with Crippen molar-refractivity contribution in [3.8, 4) is 11.5 Å². The summed E-state index contributed by atoms with van der Waals surface area (Å²) < 4.78 is 11.2. The SMILES string of the molecule is COc1ccc(C(C)=O)cc1OC(C)C(C)(C)C. The van der Waals surface area contributed by atoms with Gasteiger partial charge in [-0.25, -0.2) is 0 Å². The van der Waals surface area contributed by atoms with Crippen molar-refractivity contribution in [3.05, 3.63) is 23.8 Å². The van der Waals surface area contributed by atoms with Gasteiger partial charge in [-0.2, -0.15) is 0 Å². The smallest absolute Gasteiger partial charge is 0.162 e. The van der Waals surface area contributed by atoms with Crippen LogP contribution in [-0.4, -0.2) is 19.0 Å². The fraction of sp³-hybridized carbons (Fsp3) is 0.533. The molecule has 3 nitrogen and oxygen atoms in total. The van der Waals surface area contributed by atoms with Crippen molar-refractivity contribution in [3.63, 3.8) is 0 Å². The van der Waals surface area contributed by atoms with E-state index in [0.29, 0.717) is 17.1 Å². The van der Waals surface area contributed by atoms with Crippen LogP contribution in [0.15, 0.2) is 18.2 Å². The molecule has 0 spiro atoms. The van der Waals surface area contributed by atoms with E-state index in [-0.39, 0.29) is 17.3 Å².